The van der Waals surface area contributed by atoms with Gasteiger partial charge in [-0.25, -0.2) is 0 Å². The molecule has 0 aromatic heterocycles. The first-order chi connectivity index (χ1) is 8.76. The van der Waals surface area contributed by atoms with Gasteiger partial charge in [-0.3, -0.25) is 0 Å². The van der Waals surface area contributed by atoms with Gasteiger partial charge in [-0.05, 0) is 44.8 Å². The van der Waals surface area contributed by atoms with E-state index in [9.17, 15) is 0 Å². The number of hydrogen-bond donors (Lipinski definition) is 1. The highest BCUT2D eigenvalue weighted by molar-refractivity contribution is 5.28. The number of hydrogen-bond acceptors (Lipinski definition) is 3. The molecule has 0 bridgehead atoms. The van der Waals surface area contributed by atoms with Crippen LogP contribution in [0.4, 0.5) is 0 Å². The molecule has 3 heteroatoms. The standard InChI is InChI=1S/C15H26N2O/c1-4-5-9-17(3)10-11-18-15-8-6-7-14(12-15)13-16-2/h6-8,12,16H,4-5,9-11,13H2,1-3H3. The first-order valence-electron chi connectivity index (χ1n) is 6.81. The summed E-state index contributed by atoms with van der Waals surface area (Å²) in [5.74, 6) is 0.964. The Hall–Kier alpha value is -1.06. The maximum atomic E-state index is 5.77. The normalized spacial score (nSPS) is 10.9. The predicted octanol–water partition coefficient (Wildman–Crippen LogP) is 2.52. The van der Waals surface area contributed by atoms with E-state index in [2.05, 4.69) is 36.3 Å². The quantitative estimate of drug-likeness (QED) is 0.729. The first-order valence-corrected chi connectivity index (χ1v) is 6.81. The molecule has 0 aliphatic heterocycles. The molecule has 0 spiro atoms. The van der Waals surface area contributed by atoms with Crippen LogP contribution in [0.5, 0.6) is 5.75 Å². The van der Waals surface area contributed by atoms with Crippen molar-refractivity contribution in [2.75, 3.05) is 33.8 Å². The minimum atomic E-state index is 0.753. The van der Waals surface area contributed by atoms with E-state index in [4.69, 9.17) is 4.74 Å². The Kier molecular flexibility index (Phi) is 7.46. The molecule has 0 radical (unpaired) electrons. The number of nitrogens with zero attached hydrogens (tertiary/aromatic N) is 1. The molecule has 0 unspecified atom stereocenters. The van der Waals surface area contributed by atoms with Crippen molar-refractivity contribution in [1.29, 1.82) is 0 Å². The summed E-state index contributed by atoms with van der Waals surface area (Å²) in [6, 6.07) is 8.27. The second-order valence-corrected chi connectivity index (χ2v) is 4.68. The molecule has 0 atom stereocenters. The van der Waals surface area contributed by atoms with Crippen LogP contribution in [0.2, 0.25) is 0 Å². The molecule has 0 saturated heterocycles. The summed E-state index contributed by atoms with van der Waals surface area (Å²) >= 11 is 0. The van der Waals surface area contributed by atoms with Crippen LogP contribution >= 0.6 is 0 Å². The summed E-state index contributed by atoms with van der Waals surface area (Å²) < 4.78 is 5.77. The average molecular weight is 250 g/mol. The Balaban J connectivity index is 2.28. The summed E-state index contributed by atoms with van der Waals surface area (Å²) in [7, 11) is 4.10. The van der Waals surface area contributed by atoms with Gasteiger partial charge in [-0.1, -0.05) is 25.5 Å². The van der Waals surface area contributed by atoms with E-state index in [1.165, 1.54) is 18.4 Å². The monoisotopic (exact) mass is 250 g/mol. The molecule has 102 valence electrons. The van der Waals surface area contributed by atoms with Crippen molar-refractivity contribution >= 4 is 0 Å². The highest BCUT2D eigenvalue weighted by Gasteiger charge is 1.99. The van der Waals surface area contributed by atoms with E-state index in [-0.39, 0.29) is 0 Å². The van der Waals surface area contributed by atoms with Gasteiger partial charge < -0.3 is 15.0 Å². The van der Waals surface area contributed by atoms with Crippen LogP contribution in [0.3, 0.4) is 0 Å². The van der Waals surface area contributed by atoms with E-state index in [1.807, 2.05) is 19.2 Å². The van der Waals surface area contributed by atoms with Gasteiger partial charge in [-0.2, -0.15) is 0 Å². The maximum Gasteiger partial charge on any atom is 0.119 e. The molecule has 1 aromatic rings. The third kappa shape index (κ3) is 6.03. The largest absolute Gasteiger partial charge is 0.492 e. The summed E-state index contributed by atoms with van der Waals surface area (Å²) in [5.41, 5.74) is 1.26. The van der Waals surface area contributed by atoms with Gasteiger partial charge in [0.25, 0.3) is 0 Å². The van der Waals surface area contributed by atoms with Crippen LogP contribution < -0.4 is 10.1 Å². The Morgan fingerprint density at radius 1 is 1.28 bits per heavy atom. The molecule has 0 heterocycles. The Morgan fingerprint density at radius 2 is 2.11 bits per heavy atom. The predicted molar refractivity (Wildman–Crippen MR) is 77.1 cm³/mol. The van der Waals surface area contributed by atoms with E-state index in [1.54, 1.807) is 0 Å². The zero-order valence-electron chi connectivity index (χ0n) is 11.9. The van der Waals surface area contributed by atoms with Crippen LogP contribution in [-0.2, 0) is 6.54 Å². The van der Waals surface area contributed by atoms with Gasteiger partial charge in [0.05, 0.1) is 0 Å². The van der Waals surface area contributed by atoms with Crippen molar-refractivity contribution in [2.45, 2.75) is 26.3 Å². The lowest BCUT2D eigenvalue weighted by molar-refractivity contribution is 0.235. The summed E-state index contributed by atoms with van der Waals surface area (Å²) in [6.45, 7) is 5.99. The molecule has 0 aliphatic carbocycles. The van der Waals surface area contributed by atoms with Crippen molar-refractivity contribution in [2.24, 2.45) is 0 Å². The van der Waals surface area contributed by atoms with Crippen LogP contribution in [0, 0.1) is 0 Å². The van der Waals surface area contributed by atoms with Crippen molar-refractivity contribution in [3.05, 3.63) is 29.8 Å². The lowest BCUT2D eigenvalue weighted by Gasteiger charge is -2.16. The van der Waals surface area contributed by atoms with Gasteiger partial charge in [-0.15, -0.1) is 0 Å². The fourth-order valence-corrected chi connectivity index (χ4v) is 1.81. The average Bonchev–Trinajstić information content (AvgIpc) is 2.37. The maximum absolute atomic E-state index is 5.77. The minimum Gasteiger partial charge on any atom is -0.492 e. The highest BCUT2D eigenvalue weighted by Crippen LogP contribution is 2.13. The molecule has 3 nitrogen and oxygen atoms in total. The third-order valence-electron chi connectivity index (χ3n) is 2.91. The smallest absolute Gasteiger partial charge is 0.119 e. The van der Waals surface area contributed by atoms with Gasteiger partial charge in [0.2, 0.25) is 0 Å². The molecule has 1 rings (SSSR count). The minimum absolute atomic E-state index is 0.753. The fraction of sp³-hybridized carbons (Fsp3) is 0.600. The molecule has 0 saturated carbocycles. The number of ether oxygens (including phenoxy) is 1. The van der Waals surface area contributed by atoms with Crippen molar-refractivity contribution in [3.8, 4) is 5.75 Å². The van der Waals surface area contributed by atoms with Gasteiger partial charge in [0, 0.05) is 13.1 Å². The number of nitrogens with one attached hydrogen (secondary N) is 1. The van der Waals surface area contributed by atoms with E-state index >= 15 is 0 Å². The number of benzene rings is 1. The van der Waals surface area contributed by atoms with Crippen molar-refractivity contribution in [3.63, 3.8) is 0 Å². The first kappa shape index (κ1) is 15.0. The summed E-state index contributed by atoms with van der Waals surface area (Å²) in [6.07, 6.45) is 2.51. The Morgan fingerprint density at radius 3 is 2.83 bits per heavy atom. The topological polar surface area (TPSA) is 24.5 Å². The SMILES string of the molecule is CCCCN(C)CCOc1cccc(CNC)c1. The highest BCUT2D eigenvalue weighted by atomic mass is 16.5. The second-order valence-electron chi connectivity index (χ2n) is 4.68. The molecule has 1 aromatic carbocycles. The van der Waals surface area contributed by atoms with Crippen molar-refractivity contribution < 1.29 is 4.74 Å². The molecule has 18 heavy (non-hydrogen) atoms. The molecular formula is C15H26N2O. The zero-order valence-corrected chi connectivity index (χ0v) is 11.9. The Bertz CT molecular complexity index is 328. The van der Waals surface area contributed by atoms with Crippen LogP contribution in [0.15, 0.2) is 24.3 Å². The zero-order chi connectivity index (χ0) is 13.2. The third-order valence-corrected chi connectivity index (χ3v) is 2.91. The van der Waals surface area contributed by atoms with Crippen LogP contribution in [0.25, 0.3) is 0 Å². The van der Waals surface area contributed by atoms with Crippen LogP contribution in [0.1, 0.15) is 25.3 Å². The molecule has 0 fully saturated rings. The molecule has 0 amide bonds. The molecule has 1 N–H and O–H groups in total. The van der Waals surface area contributed by atoms with Gasteiger partial charge >= 0.3 is 0 Å². The molecule has 0 aliphatic rings. The van der Waals surface area contributed by atoms with Crippen LogP contribution in [-0.4, -0.2) is 38.7 Å². The van der Waals surface area contributed by atoms with E-state index in [0.29, 0.717) is 0 Å². The van der Waals surface area contributed by atoms with E-state index in [0.717, 1.165) is 32.0 Å². The number of unbranched alkanes of at least 4 members (excludes halogenated alkanes) is 1. The number of rotatable bonds is 9. The summed E-state index contributed by atoms with van der Waals surface area (Å²) in [5, 5.41) is 3.14. The Labute approximate surface area is 111 Å². The van der Waals surface area contributed by atoms with Gasteiger partial charge in [0.1, 0.15) is 12.4 Å². The van der Waals surface area contributed by atoms with Crippen molar-refractivity contribution in [1.82, 2.24) is 10.2 Å². The number of likely N-dealkylation sites (N-methyl/N-ethyl adjacent to an activating group) is 1. The summed E-state index contributed by atoms with van der Waals surface area (Å²) in [4.78, 5) is 2.32. The fourth-order valence-electron chi connectivity index (χ4n) is 1.81. The molecular weight excluding hydrogens is 224 g/mol. The van der Waals surface area contributed by atoms with Gasteiger partial charge in [0.15, 0.2) is 0 Å². The van der Waals surface area contributed by atoms with E-state index < -0.39 is 0 Å². The lowest BCUT2D eigenvalue weighted by Crippen LogP contribution is -2.25. The lowest BCUT2D eigenvalue weighted by atomic mass is 10.2. The second kappa shape index (κ2) is 8.95.